The fourth-order valence-electron chi connectivity index (χ4n) is 3.05. The second-order valence-corrected chi connectivity index (χ2v) is 6.68. The molecule has 0 bridgehead atoms. The van der Waals surface area contributed by atoms with E-state index >= 15 is 0 Å². The third kappa shape index (κ3) is 4.02. The van der Waals surface area contributed by atoms with Crippen LogP contribution in [0.4, 0.5) is 9.18 Å². The predicted molar refractivity (Wildman–Crippen MR) is 88.7 cm³/mol. The van der Waals surface area contributed by atoms with Crippen molar-refractivity contribution in [2.24, 2.45) is 5.41 Å². The first-order valence-electron chi connectivity index (χ1n) is 8.33. The van der Waals surface area contributed by atoms with Crippen molar-refractivity contribution in [3.63, 3.8) is 0 Å². The summed E-state index contributed by atoms with van der Waals surface area (Å²) in [6.07, 6.45) is 2.57. The van der Waals surface area contributed by atoms with Crippen LogP contribution in [0.2, 0.25) is 0 Å². The van der Waals surface area contributed by atoms with Crippen LogP contribution in [-0.2, 0) is 0 Å². The minimum atomic E-state index is -0.253. The van der Waals surface area contributed by atoms with E-state index < -0.39 is 0 Å². The summed E-state index contributed by atoms with van der Waals surface area (Å²) in [5.74, 6) is -0.253. The van der Waals surface area contributed by atoms with Gasteiger partial charge in [0, 0.05) is 19.7 Å². The van der Waals surface area contributed by atoms with Crippen LogP contribution >= 0.6 is 0 Å². The van der Waals surface area contributed by atoms with Gasteiger partial charge in [0.05, 0.1) is 6.04 Å². The lowest BCUT2D eigenvalue weighted by atomic mass is 9.77. The van der Waals surface area contributed by atoms with Gasteiger partial charge >= 0.3 is 6.03 Å². The van der Waals surface area contributed by atoms with Gasteiger partial charge in [-0.3, -0.25) is 0 Å². The average molecular weight is 322 g/mol. The molecule has 4 nitrogen and oxygen atoms in total. The molecule has 1 fully saturated rings. The van der Waals surface area contributed by atoms with Crippen molar-refractivity contribution in [1.82, 2.24) is 10.2 Å². The van der Waals surface area contributed by atoms with Crippen molar-refractivity contribution in [2.45, 2.75) is 46.1 Å². The Kier molecular flexibility index (Phi) is 5.63. The van der Waals surface area contributed by atoms with E-state index in [1.165, 1.54) is 6.07 Å². The summed E-state index contributed by atoms with van der Waals surface area (Å²) in [6, 6.07) is 4.68. The van der Waals surface area contributed by atoms with Crippen molar-refractivity contribution in [3.8, 4) is 0 Å². The lowest BCUT2D eigenvalue weighted by molar-refractivity contribution is 0.0516. The Morgan fingerprint density at radius 3 is 2.61 bits per heavy atom. The van der Waals surface area contributed by atoms with E-state index in [0.717, 1.165) is 24.8 Å². The zero-order chi connectivity index (χ0) is 17.0. The highest BCUT2D eigenvalue weighted by Crippen LogP contribution is 2.34. The lowest BCUT2D eigenvalue weighted by Gasteiger charge is -2.40. The normalized spacial score (nSPS) is 18.6. The van der Waals surface area contributed by atoms with Gasteiger partial charge in [0.25, 0.3) is 0 Å². The van der Waals surface area contributed by atoms with E-state index in [0.29, 0.717) is 18.7 Å². The van der Waals surface area contributed by atoms with Crippen molar-refractivity contribution >= 4 is 6.03 Å². The number of carbonyl (C=O) groups excluding carboxylic acids is 1. The summed E-state index contributed by atoms with van der Waals surface area (Å²) >= 11 is 0. The molecule has 1 aliphatic rings. The number of aryl methyl sites for hydroxylation is 1. The molecule has 1 heterocycles. The van der Waals surface area contributed by atoms with E-state index in [2.05, 4.69) is 12.2 Å². The van der Waals surface area contributed by atoms with E-state index in [9.17, 15) is 14.3 Å². The molecule has 0 aliphatic carbocycles. The Balaban J connectivity index is 1.93. The third-order valence-corrected chi connectivity index (χ3v) is 5.23. The number of nitrogens with one attached hydrogen (secondary N) is 1. The summed E-state index contributed by atoms with van der Waals surface area (Å²) in [6.45, 7) is 7.13. The largest absolute Gasteiger partial charge is 0.396 e. The molecular formula is C18H27FN2O2. The third-order valence-electron chi connectivity index (χ3n) is 5.23. The first-order chi connectivity index (χ1) is 10.9. The Bertz CT molecular complexity index is 548. The van der Waals surface area contributed by atoms with Gasteiger partial charge in [0.1, 0.15) is 5.82 Å². The van der Waals surface area contributed by atoms with Crippen LogP contribution in [0.5, 0.6) is 0 Å². The Morgan fingerprint density at radius 2 is 2.09 bits per heavy atom. The van der Waals surface area contributed by atoms with Crippen molar-refractivity contribution in [3.05, 3.63) is 35.1 Å². The predicted octanol–water partition coefficient (Wildman–Crippen LogP) is 3.39. The fraction of sp³-hybridized carbons (Fsp3) is 0.611. The molecule has 0 radical (unpaired) electrons. The molecule has 1 aromatic rings. The van der Waals surface area contributed by atoms with Crippen molar-refractivity contribution < 1.29 is 14.3 Å². The number of likely N-dealkylation sites (tertiary alicyclic amines) is 1. The SMILES string of the molecule is CCC1(CO)CCN(C(=O)NC(C)c2ccc(C)c(F)c2)CC1. The zero-order valence-corrected chi connectivity index (χ0v) is 14.2. The highest BCUT2D eigenvalue weighted by molar-refractivity contribution is 5.74. The number of rotatable bonds is 4. The van der Waals surface area contributed by atoms with Crippen molar-refractivity contribution in [2.75, 3.05) is 19.7 Å². The quantitative estimate of drug-likeness (QED) is 0.893. The number of urea groups is 1. The molecule has 5 heteroatoms. The van der Waals surface area contributed by atoms with Gasteiger partial charge in [0.15, 0.2) is 0 Å². The molecule has 0 aromatic heterocycles. The smallest absolute Gasteiger partial charge is 0.317 e. The van der Waals surface area contributed by atoms with Crippen LogP contribution < -0.4 is 5.32 Å². The molecule has 2 rings (SSSR count). The summed E-state index contributed by atoms with van der Waals surface area (Å²) < 4.78 is 13.6. The first-order valence-corrected chi connectivity index (χ1v) is 8.33. The maximum absolute atomic E-state index is 13.6. The van der Waals surface area contributed by atoms with Crippen LogP contribution in [0.1, 0.15) is 50.3 Å². The minimum absolute atomic E-state index is 0.0392. The van der Waals surface area contributed by atoms with Gasteiger partial charge in [-0.25, -0.2) is 9.18 Å². The van der Waals surface area contributed by atoms with E-state index in [1.54, 1.807) is 17.9 Å². The highest BCUT2D eigenvalue weighted by atomic mass is 19.1. The number of hydrogen-bond donors (Lipinski definition) is 2. The Hall–Kier alpha value is -1.62. The van der Waals surface area contributed by atoms with E-state index in [-0.39, 0.29) is 29.9 Å². The molecule has 2 N–H and O–H groups in total. The number of piperidine rings is 1. The second kappa shape index (κ2) is 7.30. The average Bonchev–Trinajstić information content (AvgIpc) is 2.57. The molecule has 1 atom stereocenters. The molecule has 1 aliphatic heterocycles. The van der Waals surface area contributed by atoms with Crippen LogP contribution in [0.15, 0.2) is 18.2 Å². The molecule has 1 unspecified atom stereocenters. The molecule has 1 aromatic carbocycles. The summed E-state index contributed by atoms with van der Waals surface area (Å²) in [7, 11) is 0. The number of amides is 2. The monoisotopic (exact) mass is 322 g/mol. The van der Waals surface area contributed by atoms with Crippen molar-refractivity contribution in [1.29, 1.82) is 0 Å². The van der Waals surface area contributed by atoms with Gasteiger partial charge in [-0.1, -0.05) is 19.1 Å². The number of aliphatic hydroxyl groups is 1. The first kappa shape index (κ1) is 17.7. The maximum Gasteiger partial charge on any atom is 0.317 e. The van der Waals surface area contributed by atoms with Crippen LogP contribution in [0.3, 0.4) is 0 Å². The van der Waals surface area contributed by atoms with Gasteiger partial charge in [0.2, 0.25) is 0 Å². The summed E-state index contributed by atoms with van der Waals surface area (Å²) in [5, 5.41) is 12.5. The summed E-state index contributed by atoms with van der Waals surface area (Å²) in [5.41, 5.74) is 1.32. The van der Waals surface area contributed by atoms with Crippen LogP contribution in [0, 0.1) is 18.2 Å². The number of aliphatic hydroxyl groups excluding tert-OH is 1. The number of nitrogens with zero attached hydrogens (tertiary/aromatic N) is 1. The topological polar surface area (TPSA) is 52.6 Å². The number of hydrogen-bond acceptors (Lipinski definition) is 2. The highest BCUT2D eigenvalue weighted by Gasteiger charge is 2.34. The molecule has 128 valence electrons. The van der Waals surface area contributed by atoms with Gasteiger partial charge < -0.3 is 15.3 Å². The van der Waals surface area contributed by atoms with Gasteiger partial charge in [-0.2, -0.15) is 0 Å². The molecular weight excluding hydrogens is 295 g/mol. The molecule has 23 heavy (non-hydrogen) atoms. The lowest BCUT2D eigenvalue weighted by Crippen LogP contribution is -2.48. The van der Waals surface area contributed by atoms with E-state index in [1.807, 2.05) is 13.0 Å². The van der Waals surface area contributed by atoms with Gasteiger partial charge in [-0.05, 0) is 55.7 Å². The standard InChI is InChI=1S/C18H27FN2O2/c1-4-18(12-22)7-9-21(10-8-18)17(23)20-14(3)15-6-5-13(2)16(19)11-15/h5-6,11,14,22H,4,7-10,12H2,1-3H3,(H,20,23). The fourth-order valence-corrected chi connectivity index (χ4v) is 3.05. The molecule has 2 amide bonds. The second-order valence-electron chi connectivity index (χ2n) is 6.68. The maximum atomic E-state index is 13.6. The zero-order valence-electron chi connectivity index (χ0n) is 14.2. The minimum Gasteiger partial charge on any atom is -0.396 e. The molecule has 1 saturated heterocycles. The number of halogens is 1. The molecule has 0 saturated carbocycles. The van der Waals surface area contributed by atoms with Crippen LogP contribution in [-0.4, -0.2) is 35.7 Å². The van der Waals surface area contributed by atoms with Gasteiger partial charge in [-0.15, -0.1) is 0 Å². The number of carbonyl (C=O) groups is 1. The Morgan fingerprint density at radius 1 is 1.43 bits per heavy atom. The Labute approximate surface area is 137 Å². The van der Waals surface area contributed by atoms with E-state index in [4.69, 9.17) is 0 Å². The van der Waals surface area contributed by atoms with Crippen LogP contribution in [0.25, 0.3) is 0 Å². The number of benzene rings is 1. The molecule has 0 spiro atoms. The summed E-state index contributed by atoms with van der Waals surface area (Å²) in [4.78, 5) is 14.2.